The van der Waals surface area contributed by atoms with Crippen LogP contribution in [0.2, 0.25) is 5.02 Å². The lowest BCUT2D eigenvalue weighted by atomic mass is 10.2. The molecule has 1 atom stereocenters. The third-order valence-corrected chi connectivity index (χ3v) is 5.70. The van der Waals surface area contributed by atoms with E-state index in [1.165, 1.54) is 11.8 Å². The van der Waals surface area contributed by atoms with Gasteiger partial charge in [-0.2, -0.15) is 0 Å². The second-order valence-corrected chi connectivity index (χ2v) is 8.31. The van der Waals surface area contributed by atoms with Gasteiger partial charge in [0.25, 0.3) is 5.91 Å². The molecule has 2 aromatic carbocycles. The van der Waals surface area contributed by atoms with Crippen LogP contribution in [0.1, 0.15) is 11.1 Å². The lowest BCUT2D eigenvalue weighted by molar-refractivity contribution is -0.116. The van der Waals surface area contributed by atoms with Crippen LogP contribution in [0.25, 0.3) is 6.08 Å². The second-order valence-electron chi connectivity index (χ2n) is 5.87. The van der Waals surface area contributed by atoms with Crippen LogP contribution in [-0.4, -0.2) is 18.0 Å². The van der Waals surface area contributed by atoms with E-state index in [0.717, 1.165) is 27.0 Å². The summed E-state index contributed by atoms with van der Waals surface area (Å²) < 4.78 is 6.37. The van der Waals surface area contributed by atoms with Crippen LogP contribution in [0.5, 0.6) is 5.75 Å². The average Bonchev–Trinajstić information content (AvgIpc) is 2.96. The summed E-state index contributed by atoms with van der Waals surface area (Å²) in [4.78, 5) is 12.9. The van der Waals surface area contributed by atoms with Gasteiger partial charge in [-0.1, -0.05) is 42.1 Å². The van der Waals surface area contributed by atoms with Crippen molar-refractivity contribution in [1.82, 2.24) is 5.32 Å². The lowest BCUT2D eigenvalue weighted by Gasteiger charge is -2.15. The van der Waals surface area contributed by atoms with Gasteiger partial charge in [0.1, 0.15) is 12.4 Å². The third-order valence-electron chi connectivity index (χ3n) is 3.82. The van der Waals surface area contributed by atoms with Crippen LogP contribution >= 0.6 is 39.3 Å². The molecule has 27 heavy (non-hydrogen) atoms. The lowest BCUT2D eigenvalue weighted by Crippen LogP contribution is -2.31. The van der Waals surface area contributed by atoms with Gasteiger partial charge < -0.3 is 15.4 Å². The van der Waals surface area contributed by atoms with Crippen molar-refractivity contribution in [1.29, 1.82) is 0 Å². The molecule has 1 aliphatic heterocycles. The van der Waals surface area contributed by atoms with E-state index in [-0.39, 0.29) is 11.4 Å². The van der Waals surface area contributed by atoms with Crippen molar-refractivity contribution in [2.24, 2.45) is 0 Å². The summed E-state index contributed by atoms with van der Waals surface area (Å²) in [7, 11) is 0. The summed E-state index contributed by atoms with van der Waals surface area (Å²) in [6.45, 7) is 6.05. The maximum absolute atomic E-state index is 12.3. The summed E-state index contributed by atoms with van der Waals surface area (Å²) in [6.07, 6.45) is 3.55. The number of ether oxygens (including phenoxy) is 1. The number of nitrogens with one attached hydrogen (secondary N) is 2. The van der Waals surface area contributed by atoms with Crippen LogP contribution in [0, 0.1) is 6.92 Å². The number of thioether (sulfide) groups is 1. The Labute approximate surface area is 176 Å². The van der Waals surface area contributed by atoms with E-state index in [1.807, 2.05) is 49.4 Å². The number of rotatable bonds is 6. The van der Waals surface area contributed by atoms with E-state index in [9.17, 15) is 4.79 Å². The molecule has 1 fully saturated rings. The fourth-order valence-electron chi connectivity index (χ4n) is 2.52. The number of carbonyl (C=O) groups excluding carboxylic acids is 1. The first-order chi connectivity index (χ1) is 13.0. The van der Waals surface area contributed by atoms with Gasteiger partial charge >= 0.3 is 0 Å². The van der Waals surface area contributed by atoms with Crippen LogP contribution < -0.4 is 15.4 Å². The van der Waals surface area contributed by atoms with Gasteiger partial charge in [-0.15, -0.1) is 0 Å². The number of amides is 1. The number of carbonyl (C=O) groups is 1. The number of benzene rings is 2. The van der Waals surface area contributed by atoms with Crippen molar-refractivity contribution in [3.8, 4) is 5.75 Å². The number of aryl methyl sites for hydroxylation is 1. The molecule has 7 heteroatoms. The first kappa shape index (κ1) is 19.9. The molecule has 2 aromatic rings. The molecule has 1 saturated heterocycles. The van der Waals surface area contributed by atoms with E-state index < -0.39 is 0 Å². The third kappa shape index (κ3) is 5.09. The second kappa shape index (κ2) is 8.87. The number of anilines is 1. The van der Waals surface area contributed by atoms with Crippen molar-refractivity contribution < 1.29 is 9.53 Å². The van der Waals surface area contributed by atoms with Gasteiger partial charge in [0.15, 0.2) is 5.50 Å². The number of hydrogen-bond acceptors (Lipinski definition) is 4. The Morgan fingerprint density at radius 3 is 2.89 bits per heavy atom. The molecule has 140 valence electrons. The van der Waals surface area contributed by atoms with Gasteiger partial charge in [-0.25, -0.2) is 0 Å². The van der Waals surface area contributed by atoms with Gasteiger partial charge in [-0.3, -0.25) is 4.79 Å². The minimum absolute atomic E-state index is 0.104. The van der Waals surface area contributed by atoms with E-state index >= 15 is 0 Å². The Balaban J connectivity index is 1.71. The minimum Gasteiger partial charge on any atom is -0.488 e. The van der Waals surface area contributed by atoms with Crippen LogP contribution in [0.4, 0.5) is 5.69 Å². The van der Waals surface area contributed by atoms with Crippen molar-refractivity contribution in [2.75, 3.05) is 11.9 Å². The summed E-state index contributed by atoms with van der Waals surface area (Å²) in [5.74, 6) is 0.630. The standard InChI is InChI=1S/C20H18BrClN2O2S/c1-3-8-26-17-7-4-13(10-15(17)21)11-18-19(25)24-20(27-18)23-16-6-5-14(22)9-12(16)2/h3-7,9-11,20,23H,1,8H2,2H3,(H,24,25)/b18-11-. The molecule has 0 aliphatic carbocycles. The molecule has 0 radical (unpaired) electrons. The Kier molecular flexibility index (Phi) is 6.52. The number of halogens is 2. The molecule has 1 heterocycles. The molecule has 2 N–H and O–H groups in total. The fourth-order valence-corrected chi connectivity index (χ4v) is 4.23. The van der Waals surface area contributed by atoms with Gasteiger partial charge in [0.2, 0.25) is 0 Å². The Morgan fingerprint density at radius 1 is 1.37 bits per heavy atom. The zero-order valence-electron chi connectivity index (χ0n) is 14.6. The SMILES string of the molecule is C=CCOc1ccc(/C=C2\SC(Nc3ccc(Cl)cc3C)NC2=O)cc1Br. The molecule has 0 bridgehead atoms. The Hall–Kier alpha value is -1.89. The first-order valence-corrected chi connectivity index (χ1v) is 10.3. The molecule has 1 aliphatic rings. The molecule has 3 rings (SSSR count). The van der Waals surface area contributed by atoms with Crippen molar-refractivity contribution in [2.45, 2.75) is 12.4 Å². The fraction of sp³-hybridized carbons (Fsp3) is 0.150. The predicted octanol–water partition coefficient (Wildman–Crippen LogP) is 5.58. The summed E-state index contributed by atoms with van der Waals surface area (Å²) in [5, 5.41) is 6.94. The van der Waals surface area contributed by atoms with E-state index in [2.05, 4.69) is 33.1 Å². The highest BCUT2D eigenvalue weighted by atomic mass is 79.9. The highest BCUT2D eigenvalue weighted by Crippen LogP contribution is 2.33. The van der Waals surface area contributed by atoms with Crippen LogP contribution in [-0.2, 0) is 4.79 Å². The van der Waals surface area contributed by atoms with E-state index in [4.69, 9.17) is 16.3 Å². The van der Waals surface area contributed by atoms with Crippen molar-refractivity contribution in [3.63, 3.8) is 0 Å². The molecular weight excluding hydrogens is 448 g/mol. The first-order valence-electron chi connectivity index (χ1n) is 8.21. The smallest absolute Gasteiger partial charge is 0.260 e. The van der Waals surface area contributed by atoms with Crippen molar-refractivity contribution >= 4 is 57.0 Å². The largest absolute Gasteiger partial charge is 0.488 e. The molecule has 0 aromatic heterocycles. The Bertz CT molecular complexity index is 917. The molecule has 0 spiro atoms. The zero-order chi connectivity index (χ0) is 19.4. The number of hydrogen-bond donors (Lipinski definition) is 2. The molecule has 4 nitrogen and oxygen atoms in total. The van der Waals surface area contributed by atoms with Crippen LogP contribution in [0.3, 0.4) is 0 Å². The van der Waals surface area contributed by atoms with Crippen LogP contribution in [0.15, 0.2) is 58.4 Å². The van der Waals surface area contributed by atoms with Gasteiger partial charge in [-0.05, 0) is 70.4 Å². The maximum Gasteiger partial charge on any atom is 0.260 e. The maximum atomic E-state index is 12.3. The Morgan fingerprint density at radius 2 is 2.19 bits per heavy atom. The van der Waals surface area contributed by atoms with E-state index in [1.54, 1.807) is 6.08 Å². The van der Waals surface area contributed by atoms with Gasteiger partial charge in [0.05, 0.1) is 9.38 Å². The normalized spacial score (nSPS) is 17.7. The monoisotopic (exact) mass is 464 g/mol. The molecule has 0 saturated carbocycles. The summed E-state index contributed by atoms with van der Waals surface area (Å²) in [6, 6.07) is 11.3. The summed E-state index contributed by atoms with van der Waals surface area (Å²) in [5.41, 5.74) is 2.63. The average molecular weight is 466 g/mol. The topological polar surface area (TPSA) is 50.4 Å². The van der Waals surface area contributed by atoms with Gasteiger partial charge in [0, 0.05) is 10.7 Å². The molecular formula is C20H18BrClN2O2S. The zero-order valence-corrected chi connectivity index (χ0v) is 17.7. The minimum atomic E-state index is -0.234. The quantitative estimate of drug-likeness (QED) is 0.432. The van der Waals surface area contributed by atoms with Crippen molar-refractivity contribution in [3.05, 3.63) is 74.6 Å². The predicted molar refractivity (Wildman–Crippen MR) is 117 cm³/mol. The highest BCUT2D eigenvalue weighted by molar-refractivity contribution is 9.10. The summed E-state index contributed by atoms with van der Waals surface area (Å²) >= 11 is 10.9. The highest BCUT2D eigenvalue weighted by Gasteiger charge is 2.27. The molecule has 1 amide bonds. The van der Waals surface area contributed by atoms with E-state index in [0.29, 0.717) is 16.5 Å². The molecule has 1 unspecified atom stereocenters.